The van der Waals surface area contributed by atoms with E-state index in [4.69, 9.17) is 21.3 Å². The Kier molecular flexibility index (Phi) is 4.17. The Bertz CT molecular complexity index is 629. The van der Waals surface area contributed by atoms with E-state index < -0.39 is 5.91 Å². The summed E-state index contributed by atoms with van der Waals surface area (Å²) >= 11 is 0. The number of aliphatic hydroxyl groups is 1. The third-order valence-electron chi connectivity index (χ3n) is 2.70. The lowest BCUT2D eigenvalue weighted by Crippen LogP contribution is -2.13. The SMILES string of the molecule is NC(=O)c1cc(N)cnc1Oc1ccccc1CCO. The third-order valence-corrected chi connectivity index (χ3v) is 2.70. The predicted molar refractivity (Wildman–Crippen MR) is 74.5 cm³/mol. The van der Waals surface area contributed by atoms with E-state index in [2.05, 4.69) is 4.98 Å². The molecule has 0 bridgehead atoms. The van der Waals surface area contributed by atoms with Crippen LogP contribution in [0.4, 0.5) is 5.69 Å². The van der Waals surface area contributed by atoms with Crippen molar-refractivity contribution in [1.82, 2.24) is 4.98 Å². The second kappa shape index (κ2) is 6.03. The number of para-hydroxylation sites is 1. The standard InChI is InChI=1S/C14H15N3O3/c15-10-7-11(13(16)19)14(17-8-10)20-12-4-2-1-3-9(12)5-6-18/h1-4,7-8,18H,5-6,15H2,(H2,16,19). The molecule has 0 spiro atoms. The topological polar surface area (TPSA) is 111 Å². The number of carbonyl (C=O) groups is 1. The van der Waals surface area contributed by atoms with Crippen LogP contribution in [0.1, 0.15) is 15.9 Å². The summed E-state index contributed by atoms with van der Waals surface area (Å²) in [6, 6.07) is 8.60. The number of anilines is 1. The highest BCUT2D eigenvalue weighted by molar-refractivity contribution is 5.95. The summed E-state index contributed by atoms with van der Waals surface area (Å²) in [5.74, 6) is -0.0575. The molecule has 20 heavy (non-hydrogen) atoms. The van der Waals surface area contributed by atoms with Gasteiger partial charge in [-0.1, -0.05) is 18.2 Å². The smallest absolute Gasteiger partial charge is 0.254 e. The number of hydrogen-bond acceptors (Lipinski definition) is 5. The largest absolute Gasteiger partial charge is 0.438 e. The molecular formula is C14H15N3O3. The van der Waals surface area contributed by atoms with Gasteiger partial charge in [0.15, 0.2) is 0 Å². The zero-order chi connectivity index (χ0) is 14.5. The number of ether oxygens (including phenoxy) is 1. The number of pyridine rings is 1. The molecule has 0 aliphatic rings. The van der Waals surface area contributed by atoms with Crippen LogP contribution in [0.5, 0.6) is 11.6 Å². The Balaban J connectivity index is 2.37. The summed E-state index contributed by atoms with van der Waals surface area (Å²) in [4.78, 5) is 15.4. The van der Waals surface area contributed by atoms with Crippen LogP contribution in [0.3, 0.4) is 0 Å². The Morgan fingerprint density at radius 2 is 2.10 bits per heavy atom. The fourth-order valence-electron chi connectivity index (χ4n) is 1.76. The lowest BCUT2D eigenvalue weighted by molar-refractivity contribution is 0.0997. The van der Waals surface area contributed by atoms with E-state index in [9.17, 15) is 4.79 Å². The van der Waals surface area contributed by atoms with Gasteiger partial charge in [-0.15, -0.1) is 0 Å². The van der Waals surface area contributed by atoms with Crippen molar-refractivity contribution in [1.29, 1.82) is 0 Å². The van der Waals surface area contributed by atoms with Crippen LogP contribution < -0.4 is 16.2 Å². The number of nitrogen functional groups attached to an aromatic ring is 1. The first-order valence-corrected chi connectivity index (χ1v) is 6.03. The predicted octanol–water partition coefficient (Wildman–Crippen LogP) is 1.09. The van der Waals surface area contributed by atoms with Crippen molar-refractivity contribution in [2.24, 2.45) is 5.73 Å². The minimum atomic E-state index is -0.667. The maximum atomic E-state index is 11.4. The molecule has 104 valence electrons. The second-order valence-corrected chi connectivity index (χ2v) is 4.17. The number of nitrogens with two attached hydrogens (primary N) is 2. The highest BCUT2D eigenvalue weighted by Gasteiger charge is 2.14. The molecule has 0 aliphatic heterocycles. The van der Waals surface area contributed by atoms with Crippen molar-refractivity contribution < 1.29 is 14.6 Å². The molecule has 2 aromatic rings. The van der Waals surface area contributed by atoms with Crippen molar-refractivity contribution in [3.8, 4) is 11.6 Å². The molecule has 0 aliphatic carbocycles. The van der Waals surface area contributed by atoms with Crippen molar-refractivity contribution in [3.05, 3.63) is 47.7 Å². The summed E-state index contributed by atoms with van der Waals surface area (Å²) in [7, 11) is 0. The van der Waals surface area contributed by atoms with Crippen molar-refractivity contribution in [3.63, 3.8) is 0 Å². The van der Waals surface area contributed by atoms with E-state index in [1.54, 1.807) is 12.1 Å². The highest BCUT2D eigenvalue weighted by Crippen LogP contribution is 2.27. The van der Waals surface area contributed by atoms with Gasteiger partial charge in [-0.3, -0.25) is 4.79 Å². The number of hydrogen-bond donors (Lipinski definition) is 3. The van der Waals surface area contributed by atoms with E-state index in [1.165, 1.54) is 12.3 Å². The molecular weight excluding hydrogens is 258 g/mol. The van der Waals surface area contributed by atoms with E-state index in [-0.39, 0.29) is 18.1 Å². The molecule has 1 amide bonds. The average molecular weight is 273 g/mol. The molecule has 6 nitrogen and oxygen atoms in total. The first kappa shape index (κ1) is 13.8. The van der Waals surface area contributed by atoms with Gasteiger partial charge < -0.3 is 21.3 Å². The zero-order valence-corrected chi connectivity index (χ0v) is 10.7. The second-order valence-electron chi connectivity index (χ2n) is 4.17. The number of nitrogens with zero attached hydrogens (tertiary/aromatic N) is 1. The van der Waals surface area contributed by atoms with Gasteiger partial charge in [-0.05, 0) is 24.1 Å². The van der Waals surface area contributed by atoms with Crippen molar-refractivity contribution in [2.75, 3.05) is 12.3 Å². The van der Waals surface area contributed by atoms with Crippen LogP contribution in [0.2, 0.25) is 0 Å². The fourth-order valence-corrected chi connectivity index (χ4v) is 1.76. The quantitative estimate of drug-likeness (QED) is 0.755. The van der Waals surface area contributed by atoms with Gasteiger partial charge in [0.05, 0.1) is 11.9 Å². The van der Waals surface area contributed by atoms with E-state index in [1.807, 2.05) is 12.1 Å². The number of aliphatic hydroxyl groups excluding tert-OH is 1. The summed E-state index contributed by atoms with van der Waals surface area (Å²) in [5, 5.41) is 9.03. The van der Waals surface area contributed by atoms with Gasteiger partial charge in [-0.2, -0.15) is 0 Å². The number of amides is 1. The van der Waals surface area contributed by atoms with Crippen LogP contribution in [-0.2, 0) is 6.42 Å². The van der Waals surface area contributed by atoms with E-state index in [0.717, 1.165) is 5.56 Å². The van der Waals surface area contributed by atoms with Crippen LogP contribution in [0, 0.1) is 0 Å². The van der Waals surface area contributed by atoms with Crippen LogP contribution in [-0.4, -0.2) is 22.6 Å². The van der Waals surface area contributed by atoms with E-state index in [0.29, 0.717) is 17.9 Å². The molecule has 1 heterocycles. The number of benzene rings is 1. The summed E-state index contributed by atoms with van der Waals surface area (Å²) in [6.45, 7) is -0.00177. The normalized spacial score (nSPS) is 10.2. The Labute approximate surface area is 116 Å². The van der Waals surface area contributed by atoms with Gasteiger partial charge in [0.25, 0.3) is 5.91 Å². The first-order valence-electron chi connectivity index (χ1n) is 6.03. The number of aromatic nitrogens is 1. The summed E-state index contributed by atoms with van der Waals surface area (Å²) < 4.78 is 5.63. The maximum Gasteiger partial charge on any atom is 0.254 e. The zero-order valence-electron chi connectivity index (χ0n) is 10.7. The lowest BCUT2D eigenvalue weighted by atomic mass is 10.1. The summed E-state index contributed by atoms with van der Waals surface area (Å²) in [6.07, 6.45) is 1.83. The molecule has 6 heteroatoms. The molecule has 0 atom stereocenters. The highest BCUT2D eigenvalue weighted by atomic mass is 16.5. The maximum absolute atomic E-state index is 11.4. The minimum Gasteiger partial charge on any atom is -0.438 e. The van der Waals surface area contributed by atoms with Crippen molar-refractivity contribution >= 4 is 11.6 Å². The Morgan fingerprint density at radius 1 is 1.35 bits per heavy atom. The molecule has 0 saturated heterocycles. The van der Waals surface area contributed by atoms with Gasteiger partial charge in [0.2, 0.25) is 5.88 Å². The number of rotatable bonds is 5. The molecule has 2 rings (SSSR count). The fraction of sp³-hybridized carbons (Fsp3) is 0.143. The minimum absolute atomic E-state index is 0.00177. The van der Waals surface area contributed by atoms with E-state index >= 15 is 0 Å². The number of carbonyl (C=O) groups excluding carboxylic acids is 1. The Hall–Kier alpha value is -2.60. The third kappa shape index (κ3) is 3.04. The van der Waals surface area contributed by atoms with Gasteiger partial charge in [0.1, 0.15) is 11.3 Å². The average Bonchev–Trinajstić information content (AvgIpc) is 2.43. The van der Waals surface area contributed by atoms with Gasteiger partial charge >= 0.3 is 0 Å². The van der Waals surface area contributed by atoms with Crippen LogP contribution in [0.15, 0.2) is 36.5 Å². The monoisotopic (exact) mass is 273 g/mol. The summed E-state index contributed by atoms with van der Waals surface area (Å²) in [5.41, 5.74) is 12.1. The van der Waals surface area contributed by atoms with Crippen molar-refractivity contribution in [2.45, 2.75) is 6.42 Å². The Morgan fingerprint density at radius 3 is 2.80 bits per heavy atom. The number of primary amides is 1. The first-order chi connectivity index (χ1) is 9.61. The molecule has 1 aromatic heterocycles. The lowest BCUT2D eigenvalue weighted by Gasteiger charge is -2.11. The molecule has 0 unspecified atom stereocenters. The van der Waals surface area contributed by atoms with Crippen LogP contribution >= 0.6 is 0 Å². The molecule has 0 radical (unpaired) electrons. The van der Waals surface area contributed by atoms with Gasteiger partial charge in [-0.25, -0.2) is 4.98 Å². The molecule has 5 N–H and O–H groups in total. The van der Waals surface area contributed by atoms with Gasteiger partial charge in [0, 0.05) is 6.61 Å². The molecule has 1 aromatic carbocycles. The molecule has 0 fully saturated rings. The van der Waals surface area contributed by atoms with Crippen LogP contribution in [0.25, 0.3) is 0 Å². The molecule has 0 saturated carbocycles.